The number of thiophene rings is 1. The molecule has 0 unspecified atom stereocenters. The van der Waals surface area contributed by atoms with Gasteiger partial charge in [0.1, 0.15) is 0 Å². The first kappa shape index (κ1) is 27.3. The number of halogens is 1. The molecule has 2 aromatic heterocycles. The molecule has 8 heteroatoms. The number of nitrogens with zero attached hydrogens (tertiary/aromatic N) is 3. The Morgan fingerprint density at radius 1 is 0.872 bits per heavy atom. The number of aromatic nitrogens is 2. The van der Waals surface area contributed by atoms with Crippen molar-refractivity contribution in [1.29, 1.82) is 0 Å². The molecule has 0 aliphatic carbocycles. The molecule has 5 rings (SSSR count). The van der Waals surface area contributed by atoms with Gasteiger partial charge in [0.15, 0.2) is 9.84 Å². The summed E-state index contributed by atoms with van der Waals surface area (Å²) in [6.07, 6.45) is 1.23. The second-order valence-corrected chi connectivity index (χ2v) is 13.3. The highest BCUT2D eigenvalue weighted by atomic mass is 35.5. The van der Waals surface area contributed by atoms with Gasteiger partial charge in [-0.25, -0.2) is 13.1 Å². The third-order valence-corrected chi connectivity index (χ3v) is 9.16. The van der Waals surface area contributed by atoms with Crippen LogP contribution in [-0.4, -0.2) is 35.4 Å². The molecular weight excluding hydrogens is 546 g/mol. The minimum absolute atomic E-state index is 0.311. The summed E-state index contributed by atoms with van der Waals surface area (Å²) in [5.41, 5.74) is 4.83. The van der Waals surface area contributed by atoms with Crippen LogP contribution in [0.2, 0.25) is 5.02 Å². The second-order valence-electron chi connectivity index (χ2n) is 9.83. The molecule has 5 aromatic rings. The molecule has 0 radical (unpaired) electrons. The maximum atomic E-state index is 12.1. The highest BCUT2D eigenvalue weighted by Crippen LogP contribution is 2.37. The highest BCUT2D eigenvalue weighted by Gasteiger charge is 2.19. The van der Waals surface area contributed by atoms with Gasteiger partial charge in [-0.1, -0.05) is 66.2 Å². The van der Waals surface area contributed by atoms with Crippen LogP contribution in [0.15, 0.2) is 102 Å². The van der Waals surface area contributed by atoms with Crippen molar-refractivity contribution in [2.75, 3.05) is 6.26 Å². The van der Waals surface area contributed by atoms with Gasteiger partial charge in [0.25, 0.3) is 0 Å². The largest absolute Gasteiger partial charge is 0.291 e. The van der Waals surface area contributed by atoms with Gasteiger partial charge in [-0.2, -0.15) is 5.10 Å². The molecule has 0 amide bonds. The molecule has 0 atom stereocenters. The van der Waals surface area contributed by atoms with E-state index in [1.165, 1.54) is 11.8 Å². The molecule has 5 nitrogen and oxygen atoms in total. The van der Waals surface area contributed by atoms with Crippen molar-refractivity contribution in [3.63, 3.8) is 0 Å². The van der Waals surface area contributed by atoms with E-state index >= 15 is 0 Å². The van der Waals surface area contributed by atoms with Gasteiger partial charge >= 0.3 is 0 Å². The first-order chi connectivity index (χ1) is 18.7. The summed E-state index contributed by atoms with van der Waals surface area (Å²) < 4.78 is 26.1. The van der Waals surface area contributed by atoms with Crippen LogP contribution in [0.1, 0.15) is 25.1 Å². The van der Waals surface area contributed by atoms with Crippen molar-refractivity contribution < 1.29 is 8.42 Å². The van der Waals surface area contributed by atoms with E-state index in [1.54, 1.807) is 29.5 Å². The van der Waals surface area contributed by atoms with Crippen LogP contribution in [0.3, 0.4) is 0 Å². The Bertz CT molecular complexity index is 1690. The summed E-state index contributed by atoms with van der Waals surface area (Å²) in [7, 11) is -3.29. The van der Waals surface area contributed by atoms with E-state index < -0.39 is 9.84 Å². The maximum absolute atomic E-state index is 12.1. The number of para-hydroxylation sites is 1. The van der Waals surface area contributed by atoms with Gasteiger partial charge in [-0.3, -0.25) is 4.90 Å². The summed E-state index contributed by atoms with van der Waals surface area (Å²) >= 11 is 8.23. The van der Waals surface area contributed by atoms with Gasteiger partial charge in [0, 0.05) is 30.3 Å². The second kappa shape index (κ2) is 11.5. The number of hydrogen-bond acceptors (Lipinski definition) is 5. The van der Waals surface area contributed by atoms with Crippen molar-refractivity contribution in [3.05, 3.63) is 113 Å². The van der Waals surface area contributed by atoms with E-state index in [1.807, 2.05) is 47.1 Å². The Balaban J connectivity index is 1.53. The Hall–Kier alpha value is -3.23. The molecule has 3 aromatic carbocycles. The zero-order valence-corrected chi connectivity index (χ0v) is 24.5. The Labute approximate surface area is 239 Å². The molecule has 0 saturated heterocycles. The monoisotopic (exact) mass is 575 g/mol. The van der Waals surface area contributed by atoms with Crippen molar-refractivity contribution in [2.24, 2.45) is 0 Å². The van der Waals surface area contributed by atoms with Gasteiger partial charge in [0.05, 0.1) is 31.9 Å². The fourth-order valence-electron chi connectivity index (χ4n) is 4.45. The van der Waals surface area contributed by atoms with Crippen molar-refractivity contribution >= 4 is 32.8 Å². The van der Waals surface area contributed by atoms with Crippen LogP contribution in [-0.2, 0) is 22.9 Å². The zero-order chi connectivity index (χ0) is 27.6. The molecule has 200 valence electrons. The molecular formula is C31H30ClN3O2S2. The molecule has 2 heterocycles. The lowest BCUT2D eigenvalue weighted by Gasteiger charge is -2.25. The lowest BCUT2D eigenvalue weighted by molar-refractivity contribution is 0.201. The Kier molecular flexibility index (Phi) is 8.05. The summed E-state index contributed by atoms with van der Waals surface area (Å²) in [5.74, 6) is 0. The zero-order valence-electron chi connectivity index (χ0n) is 22.1. The van der Waals surface area contributed by atoms with Crippen LogP contribution in [0, 0.1) is 0 Å². The van der Waals surface area contributed by atoms with Crippen molar-refractivity contribution in [3.8, 4) is 26.7 Å². The molecule has 0 spiro atoms. The lowest BCUT2D eigenvalue weighted by atomic mass is 10.1. The first-order valence-corrected chi connectivity index (χ1v) is 15.8. The molecule has 0 N–H and O–H groups in total. The minimum Gasteiger partial charge on any atom is -0.291 e. The smallest absolute Gasteiger partial charge is 0.175 e. The molecule has 0 aliphatic rings. The summed E-state index contributed by atoms with van der Waals surface area (Å²) in [6, 6.07) is 31.8. The molecule has 0 aliphatic heterocycles. The van der Waals surface area contributed by atoms with E-state index in [2.05, 4.69) is 55.1 Å². The number of hydrogen-bond donors (Lipinski definition) is 0. The predicted molar refractivity (Wildman–Crippen MR) is 161 cm³/mol. The fourth-order valence-corrected chi connectivity index (χ4v) is 6.33. The Morgan fingerprint density at radius 3 is 2.31 bits per heavy atom. The molecule has 0 fully saturated rings. The summed E-state index contributed by atoms with van der Waals surface area (Å²) in [5, 5.41) is 5.65. The SMILES string of the molecule is CC(C)N(Cc1ccccc1)Cc1cc(-c2ccc(-c3cccc(S(C)(=O)=O)c3)s2)n(-c2ccccc2Cl)n1. The van der Waals surface area contributed by atoms with E-state index in [0.29, 0.717) is 22.5 Å². The average molecular weight is 576 g/mol. The van der Waals surface area contributed by atoms with E-state index in [-0.39, 0.29) is 0 Å². The predicted octanol–water partition coefficient (Wildman–Crippen LogP) is 7.74. The fraction of sp³-hybridized carbons (Fsp3) is 0.194. The third kappa shape index (κ3) is 6.34. The van der Waals surface area contributed by atoms with Gasteiger partial charge in [-0.05, 0) is 67.4 Å². The van der Waals surface area contributed by atoms with Crippen LogP contribution in [0.5, 0.6) is 0 Å². The topological polar surface area (TPSA) is 55.2 Å². The number of sulfone groups is 1. The third-order valence-electron chi connectivity index (χ3n) is 6.57. The molecule has 0 saturated carbocycles. The van der Waals surface area contributed by atoms with Gasteiger partial charge in [0.2, 0.25) is 0 Å². The average Bonchev–Trinajstić information content (AvgIpc) is 3.56. The first-order valence-electron chi connectivity index (χ1n) is 12.7. The minimum atomic E-state index is -3.29. The van der Waals surface area contributed by atoms with E-state index in [0.717, 1.165) is 38.9 Å². The number of rotatable bonds is 9. The number of benzene rings is 3. The van der Waals surface area contributed by atoms with Crippen LogP contribution in [0.4, 0.5) is 0 Å². The normalized spacial score (nSPS) is 11.9. The molecule has 0 bridgehead atoms. The quantitative estimate of drug-likeness (QED) is 0.180. The standard InChI is InChI=1S/C31H30ClN3O2S2/c1-22(2)34(20-23-10-5-4-6-11-23)21-25-19-29(35(33-25)28-15-8-7-14-27(28)32)31-17-16-30(38-31)24-12-9-13-26(18-24)39(3,36)37/h4-19,22H,20-21H2,1-3H3. The van der Waals surface area contributed by atoms with Crippen molar-refractivity contribution in [2.45, 2.75) is 37.9 Å². The summed E-state index contributed by atoms with van der Waals surface area (Å²) in [6.45, 7) is 5.91. The van der Waals surface area contributed by atoms with E-state index in [4.69, 9.17) is 16.7 Å². The van der Waals surface area contributed by atoms with Crippen LogP contribution in [0.25, 0.3) is 26.7 Å². The lowest BCUT2D eigenvalue weighted by Crippen LogP contribution is -2.30. The van der Waals surface area contributed by atoms with Gasteiger partial charge in [-0.15, -0.1) is 11.3 Å². The van der Waals surface area contributed by atoms with Crippen LogP contribution < -0.4 is 0 Å². The van der Waals surface area contributed by atoms with Crippen molar-refractivity contribution in [1.82, 2.24) is 14.7 Å². The van der Waals surface area contributed by atoms with E-state index in [9.17, 15) is 8.42 Å². The Morgan fingerprint density at radius 2 is 1.59 bits per heavy atom. The molecule has 39 heavy (non-hydrogen) atoms. The summed E-state index contributed by atoms with van der Waals surface area (Å²) in [4.78, 5) is 4.71. The van der Waals surface area contributed by atoms with Gasteiger partial charge < -0.3 is 0 Å². The van der Waals surface area contributed by atoms with Crippen LogP contribution >= 0.6 is 22.9 Å². The highest BCUT2D eigenvalue weighted by molar-refractivity contribution is 7.90. The maximum Gasteiger partial charge on any atom is 0.175 e.